The predicted molar refractivity (Wildman–Crippen MR) is 252 cm³/mol. The maximum atomic E-state index is 12.7. The number of esters is 2. The molecule has 0 amide bonds. The fourth-order valence-corrected chi connectivity index (χ4v) is 8.72. The van der Waals surface area contributed by atoms with Crippen LogP contribution in [0.15, 0.2) is 24.3 Å². The van der Waals surface area contributed by atoms with Crippen molar-refractivity contribution in [1.29, 1.82) is 0 Å². The summed E-state index contributed by atoms with van der Waals surface area (Å²) >= 11 is 0. The molecular weight excluding hydrogens is 840 g/mol. The van der Waals surface area contributed by atoms with Crippen LogP contribution in [-0.2, 0) is 37.5 Å². The summed E-state index contributed by atoms with van der Waals surface area (Å²) in [5.74, 6) is -1.04. The van der Waals surface area contributed by atoms with Crippen LogP contribution in [0.5, 0.6) is 0 Å². The monoisotopic (exact) mass is 931 g/mol. The first kappa shape index (κ1) is 60.1. The minimum atomic E-state index is -4.69. The molecule has 0 bridgehead atoms. The molecule has 374 valence electrons. The zero-order valence-electron chi connectivity index (χ0n) is 40.1. The summed E-state index contributed by atoms with van der Waals surface area (Å²) in [5.41, 5.74) is 0. The van der Waals surface area contributed by atoms with E-state index >= 15 is 0 Å². The van der Waals surface area contributed by atoms with Crippen molar-refractivity contribution in [3.8, 4) is 0 Å². The zero-order valence-corrected chi connectivity index (χ0v) is 41.0. The Morgan fingerprint density at radius 3 is 1.81 bits per heavy atom. The number of ether oxygens (including phenoxy) is 2. The maximum Gasteiger partial charge on any atom is 0.472 e. The van der Waals surface area contributed by atoms with Crippen LogP contribution in [-0.4, -0.2) is 93.9 Å². The second kappa shape index (κ2) is 39.1. The van der Waals surface area contributed by atoms with Crippen LogP contribution in [0.2, 0.25) is 0 Å². The van der Waals surface area contributed by atoms with Crippen molar-refractivity contribution in [3.05, 3.63) is 24.3 Å². The Hall–Kier alpha value is -1.96. The fraction of sp³-hybridized carbons (Fsp3) is 0.860. The van der Waals surface area contributed by atoms with E-state index in [-0.39, 0.29) is 36.9 Å². The summed E-state index contributed by atoms with van der Waals surface area (Å²) in [4.78, 5) is 47.9. The third-order valence-electron chi connectivity index (χ3n) is 11.9. The third-order valence-corrected chi connectivity index (χ3v) is 12.9. The SMILES string of the molecule is CCCCC[C@H](O)/C=C/[C@H]1[C@H](O)CC(=O)[C@@H]1C/C=C\CCCC(=O)OC[C@H](COP(=O)(O)OC[C@@H](O)CO)OC(=O)CCCCCCCCCCCCCCCCCCCCC(C)C. The van der Waals surface area contributed by atoms with E-state index in [1.807, 2.05) is 12.2 Å². The van der Waals surface area contributed by atoms with Gasteiger partial charge in [0, 0.05) is 31.1 Å². The molecule has 0 aromatic heterocycles. The van der Waals surface area contributed by atoms with Crippen molar-refractivity contribution in [2.45, 2.75) is 231 Å². The highest BCUT2D eigenvalue weighted by Gasteiger charge is 2.39. The van der Waals surface area contributed by atoms with E-state index in [0.717, 1.165) is 44.4 Å². The fourth-order valence-electron chi connectivity index (χ4n) is 7.93. The highest BCUT2D eigenvalue weighted by atomic mass is 31.2. The van der Waals surface area contributed by atoms with Gasteiger partial charge in [0.1, 0.15) is 18.5 Å². The molecule has 0 radical (unpaired) electrons. The molecule has 0 spiro atoms. The topological polar surface area (TPSA) is 206 Å². The van der Waals surface area contributed by atoms with Gasteiger partial charge in [0.15, 0.2) is 6.10 Å². The Kier molecular flexibility index (Phi) is 36.7. The Morgan fingerprint density at radius 1 is 0.719 bits per heavy atom. The van der Waals surface area contributed by atoms with E-state index in [1.165, 1.54) is 96.3 Å². The summed E-state index contributed by atoms with van der Waals surface area (Å²) in [6, 6.07) is 0. The van der Waals surface area contributed by atoms with Crippen LogP contribution in [0.3, 0.4) is 0 Å². The number of hydrogen-bond acceptors (Lipinski definition) is 12. The molecular formula is C50H91O13P. The molecule has 5 N–H and O–H groups in total. The quantitative estimate of drug-likeness (QED) is 0.0167. The molecule has 0 heterocycles. The Bertz CT molecular complexity index is 1290. The molecule has 0 aliphatic heterocycles. The second-order valence-electron chi connectivity index (χ2n) is 18.5. The first-order valence-electron chi connectivity index (χ1n) is 25.3. The number of hydrogen-bond donors (Lipinski definition) is 5. The van der Waals surface area contributed by atoms with E-state index < -0.39 is 70.6 Å². The zero-order chi connectivity index (χ0) is 47.3. The van der Waals surface area contributed by atoms with E-state index in [1.54, 1.807) is 12.2 Å². The van der Waals surface area contributed by atoms with Crippen molar-refractivity contribution in [3.63, 3.8) is 0 Å². The summed E-state index contributed by atoms with van der Waals surface area (Å²) in [6.45, 7) is 4.35. The molecule has 1 fully saturated rings. The minimum absolute atomic E-state index is 0.0161. The molecule has 14 heteroatoms. The lowest BCUT2D eigenvalue weighted by molar-refractivity contribution is -0.161. The molecule has 1 rings (SSSR count). The van der Waals surface area contributed by atoms with Gasteiger partial charge in [-0.25, -0.2) is 4.57 Å². The van der Waals surface area contributed by atoms with Crippen LogP contribution < -0.4 is 0 Å². The number of phosphoric ester groups is 1. The van der Waals surface area contributed by atoms with Crippen molar-refractivity contribution in [2.24, 2.45) is 17.8 Å². The van der Waals surface area contributed by atoms with Crippen molar-refractivity contribution < 1.29 is 62.8 Å². The van der Waals surface area contributed by atoms with E-state index in [9.17, 15) is 39.2 Å². The highest BCUT2D eigenvalue weighted by molar-refractivity contribution is 7.47. The molecule has 64 heavy (non-hydrogen) atoms. The van der Waals surface area contributed by atoms with Gasteiger partial charge in [-0.3, -0.25) is 23.4 Å². The number of phosphoric acid groups is 1. The first-order valence-corrected chi connectivity index (χ1v) is 26.7. The Balaban J connectivity index is 2.36. The molecule has 1 unspecified atom stereocenters. The number of aliphatic hydroxyl groups excluding tert-OH is 4. The van der Waals surface area contributed by atoms with Crippen molar-refractivity contribution in [1.82, 2.24) is 0 Å². The number of ketones is 1. The number of unbranched alkanes of at least 4 members (excludes halogenated alkanes) is 20. The number of carbonyl (C=O) groups excluding carboxylic acids is 3. The second-order valence-corrected chi connectivity index (χ2v) is 19.9. The van der Waals surface area contributed by atoms with Gasteiger partial charge in [-0.1, -0.05) is 180 Å². The summed E-state index contributed by atoms with van der Waals surface area (Å²) in [6.07, 6.45) is 32.2. The molecule has 1 saturated carbocycles. The standard InChI is InChI=1S/C50H91O13P/c1-4-5-24-30-42(52)34-35-46-45(47(54)36-48(46)55)31-26-22-23-27-32-49(56)60-39-44(40-62-64(58,59)61-38-43(53)37-51)63-50(57)33-28-21-19-17-15-13-11-9-7-6-8-10-12-14-16-18-20-25-29-41(2)3/h22,26,34-35,41-46,48,51-53,55H,4-21,23-25,27-33,36-40H2,1-3H3,(H,58,59)/b26-22-,35-34+/t42-,43-,44+,45+,46+,48+/m0/s1. The van der Waals surface area contributed by atoms with Gasteiger partial charge in [0.2, 0.25) is 0 Å². The van der Waals surface area contributed by atoms with Gasteiger partial charge in [-0.15, -0.1) is 0 Å². The normalized spacial score (nSPS) is 19.1. The Morgan fingerprint density at radius 2 is 1.25 bits per heavy atom. The lowest BCUT2D eigenvalue weighted by atomic mass is 9.90. The first-order chi connectivity index (χ1) is 30.8. The Labute approximate surface area is 387 Å². The van der Waals surface area contributed by atoms with Crippen molar-refractivity contribution >= 4 is 25.5 Å². The number of allylic oxidation sites excluding steroid dienone is 2. The summed E-state index contributed by atoms with van der Waals surface area (Å²) < 4.78 is 32.8. The van der Waals surface area contributed by atoms with Gasteiger partial charge in [-0.05, 0) is 38.0 Å². The number of carbonyl (C=O) groups is 3. The highest BCUT2D eigenvalue weighted by Crippen LogP contribution is 2.43. The molecule has 1 aliphatic carbocycles. The van der Waals surface area contributed by atoms with Crippen LogP contribution in [0, 0.1) is 17.8 Å². The van der Waals surface area contributed by atoms with Gasteiger partial charge in [0.05, 0.1) is 32.0 Å². The van der Waals surface area contributed by atoms with Gasteiger partial charge in [0.25, 0.3) is 0 Å². The predicted octanol–water partition coefficient (Wildman–Crippen LogP) is 10.6. The third kappa shape index (κ3) is 33.5. The van der Waals surface area contributed by atoms with Gasteiger partial charge < -0.3 is 34.8 Å². The van der Waals surface area contributed by atoms with Crippen LogP contribution in [0.25, 0.3) is 0 Å². The van der Waals surface area contributed by atoms with Gasteiger partial charge in [-0.2, -0.15) is 0 Å². The van der Waals surface area contributed by atoms with Crippen LogP contribution in [0.4, 0.5) is 0 Å². The molecule has 1 aliphatic rings. The summed E-state index contributed by atoms with van der Waals surface area (Å²) in [7, 11) is -4.69. The average molecular weight is 931 g/mol. The largest absolute Gasteiger partial charge is 0.472 e. The molecule has 0 aromatic rings. The number of Topliss-reactive ketones (excluding diaryl/α,β-unsaturated/α-hetero) is 1. The molecule has 0 saturated heterocycles. The lowest BCUT2D eigenvalue weighted by Crippen LogP contribution is -2.29. The number of aliphatic hydroxyl groups is 4. The van der Waals surface area contributed by atoms with Crippen molar-refractivity contribution in [2.75, 3.05) is 26.4 Å². The maximum absolute atomic E-state index is 12.7. The molecule has 0 aromatic carbocycles. The summed E-state index contributed by atoms with van der Waals surface area (Å²) in [5, 5.41) is 39.1. The smallest absolute Gasteiger partial charge is 0.462 e. The van der Waals surface area contributed by atoms with Gasteiger partial charge >= 0.3 is 19.8 Å². The van der Waals surface area contributed by atoms with E-state index in [4.69, 9.17) is 23.6 Å². The molecule has 13 nitrogen and oxygen atoms in total. The minimum Gasteiger partial charge on any atom is -0.462 e. The molecule has 7 atom stereocenters. The van der Waals surface area contributed by atoms with E-state index in [0.29, 0.717) is 32.1 Å². The number of rotatable bonds is 43. The van der Waals surface area contributed by atoms with Crippen LogP contribution in [0.1, 0.15) is 207 Å². The average Bonchev–Trinajstić information content (AvgIpc) is 3.53. The lowest BCUT2D eigenvalue weighted by Gasteiger charge is -2.20. The van der Waals surface area contributed by atoms with E-state index in [2.05, 4.69) is 20.8 Å². The van der Waals surface area contributed by atoms with Crippen LogP contribution >= 0.6 is 7.82 Å².